The maximum atomic E-state index is 12.9. The van der Waals surface area contributed by atoms with Crippen molar-refractivity contribution in [3.63, 3.8) is 0 Å². The second-order valence-corrected chi connectivity index (χ2v) is 7.98. The Balaban J connectivity index is 5.29. The Hall–Kier alpha value is -1.17. The minimum absolute atomic E-state index is 0.0266. The minimum atomic E-state index is -3.36. The maximum absolute atomic E-state index is 12.9. The van der Waals surface area contributed by atoms with Crippen molar-refractivity contribution < 1.29 is 27.9 Å². The lowest BCUT2D eigenvalue weighted by Crippen LogP contribution is -2.39. The first-order valence-electron chi connectivity index (χ1n) is 8.06. The fourth-order valence-corrected chi connectivity index (χ4v) is 4.20. The van der Waals surface area contributed by atoms with Crippen molar-refractivity contribution in [2.24, 2.45) is 0 Å². The van der Waals surface area contributed by atoms with Crippen LogP contribution >= 0.6 is 7.60 Å². The van der Waals surface area contributed by atoms with Gasteiger partial charge in [-0.05, 0) is 41.5 Å². The zero-order valence-corrected chi connectivity index (χ0v) is 16.5. The summed E-state index contributed by atoms with van der Waals surface area (Å²) >= 11 is 0. The van der Waals surface area contributed by atoms with Crippen molar-refractivity contribution in [2.75, 3.05) is 12.8 Å². The van der Waals surface area contributed by atoms with E-state index in [9.17, 15) is 14.2 Å². The Morgan fingerprint density at radius 2 is 1.58 bits per heavy atom. The third-order valence-corrected chi connectivity index (χ3v) is 4.91. The number of amides is 1. The monoisotopic (exact) mass is 363 g/mol. The third kappa shape index (κ3) is 9.85. The zero-order valence-electron chi connectivity index (χ0n) is 15.6. The molecule has 0 aromatic rings. The van der Waals surface area contributed by atoms with Crippen LogP contribution in [0.4, 0.5) is 0 Å². The topological polar surface area (TPSA) is 90.9 Å². The van der Waals surface area contributed by atoms with Crippen LogP contribution in [0.2, 0.25) is 0 Å². The Morgan fingerprint density at radius 1 is 1.08 bits per heavy atom. The van der Waals surface area contributed by atoms with Gasteiger partial charge in [-0.2, -0.15) is 0 Å². The Labute approximate surface area is 144 Å². The summed E-state index contributed by atoms with van der Waals surface area (Å²) in [5.74, 6) is -0.936. The van der Waals surface area contributed by atoms with Gasteiger partial charge in [-0.1, -0.05) is 11.6 Å². The highest BCUT2D eigenvalue weighted by molar-refractivity contribution is 7.54. The predicted octanol–water partition coefficient (Wildman–Crippen LogP) is 3.04. The van der Waals surface area contributed by atoms with Crippen molar-refractivity contribution in [1.82, 2.24) is 5.32 Å². The summed E-state index contributed by atoms with van der Waals surface area (Å²) < 4.78 is 28.7. The summed E-state index contributed by atoms with van der Waals surface area (Å²) in [7, 11) is -3.36. The Morgan fingerprint density at radius 3 is 1.96 bits per heavy atom. The summed E-state index contributed by atoms with van der Waals surface area (Å²) in [5, 5.41) is 2.50. The van der Waals surface area contributed by atoms with E-state index in [1.54, 1.807) is 41.5 Å². The predicted molar refractivity (Wildman–Crippen MR) is 92.9 cm³/mol. The smallest absolute Gasteiger partial charge is 0.335 e. The van der Waals surface area contributed by atoms with Gasteiger partial charge in [0.15, 0.2) is 0 Å². The molecule has 1 unspecified atom stereocenters. The van der Waals surface area contributed by atoms with E-state index < -0.39 is 19.6 Å². The van der Waals surface area contributed by atoms with E-state index in [4.69, 9.17) is 13.8 Å². The number of esters is 1. The first kappa shape index (κ1) is 22.8. The summed E-state index contributed by atoms with van der Waals surface area (Å²) in [6, 6.07) is -0.936. The van der Waals surface area contributed by atoms with Gasteiger partial charge in [-0.15, -0.1) is 0 Å². The van der Waals surface area contributed by atoms with E-state index in [1.165, 1.54) is 13.0 Å². The van der Waals surface area contributed by atoms with E-state index in [-0.39, 0.29) is 30.9 Å². The van der Waals surface area contributed by atoms with Crippen LogP contribution in [0.25, 0.3) is 0 Å². The van der Waals surface area contributed by atoms with Crippen LogP contribution < -0.4 is 5.32 Å². The number of hydrogen-bond acceptors (Lipinski definition) is 6. The van der Waals surface area contributed by atoms with Crippen LogP contribution in [0, 0.1) is 0 Å². The van der Waals surface area contributed by atoms with Gasteiger partial charge >= 0.3 is 13.6 Å². The number of ether oxygens (including phenoxy) is 1. The first-order chi connectivity index (χ1) is 11.0. The largest absolute Gasteiger partial charge is 0.464 e. The number of nitrogens with one attached hydrogen (secondary N) is 1. The first-order valence-corrected chi connectivity index (χ1v) is 9.78. The molecule has 0 radical (unpaired) electrons. The van der Waals surface area contributed by atoms with Crippen molar-refractivity contribution >= 4 is 19.5 Å². The number of carbonyl (C=O) groups excluding carboxylic acids is 2. The van der Waals surface area contributed by atoms with Gasteiger partial charge in [0.05, 0.1) is 25.0 Å². The molecule has 0 fully saturated rings. The van der Waals surface area contributed by atoms with Gasteiger partial charge in [-0.3, -0.25) is 9.36 Å². The number of hydrogen-bond donors (Lipinski definition) is 1. The molecule has 0 aromatic carbocycles. The molecular weight excluding hydrogens is 333 g/mol. The molecule has 0 aliphatic rings. The normalized spacial score (nSPS) is 14.0. The van der Waals surface area contributed by atoms with Gasteiger partial charge in [0.25, 0.3) is 0 Å². The molecule has 0 spiro atoms. The lowest BCUT2D eigenvalue weighted by molar-refractivity contribution is -0.145. The van der Waals surface area contributed by atoms with Crippen LogP contribution in [0.1, 0.15) is 48.5 Å². The zero-order chi connectivity index (χ0) is 18.9. The molecule has 0 heterocycles. The molecule has 8 heteroatoms. The highest BCUT2D eigenvalue weighted by atomic mass is 31.2. The number of carbonyl (C=O) groups is 2. The SMILES string of the molecule is CCOC(=O)C(/C=C(\C)CP(=O)(OC(C)C)OC(C)C)NC(C)=O. The van der Waals surface area contributed by atoms with Crippen LogP contribution in [0.5, 0.6) is 0 Å². The average molecular weight is 363 g/mol. The van der Waals surface area contributed by atoms with Gasteiger partial charge in [0, 0.05) is 6.92 Å². The van der Waals surface area contributed by atoms with Gasteiger partial charge < -0.3 is 19.1 Å². The molecule has 7 nitrogen and oxygen atoms in total. The molecule has 1 amide bonds. The molecule has 0 aliphatic carbocycles. The minimum Gasteiger partial charge on any atom is -0.464 e. The molecule has 1 N–H and O–H groups in total. The van der Waals surface area contributed by atoms with Crippen LogP contribution in [-0.4, -0.2) is 42.9 Å². The van der Waals surface area contributed by atoms with Gasteiger partial charge in [-0.25, -0.2) is 4.79 Å². The molecule has 0 aliphatic heterocycles. The van der Waals surface area contributed by atoms with Crippen LogP contribution in [0.3, 0.4) is 0 Å². The summed E-state index contributed by atoms with van der Waals surface area (Å²) in [6.07, 6.45) is 1.01. The van der Waals surface area contributed by atoms with E-state index in [0.29, 0.717) is 5.57 Å². The van der Waals surface area contributed by atoms with Crippen molar-refractivity contribution in [3.8, 4) is 0 Å². The Bertz CT molecular complexity index is 487. The average Bonchev–Trinajstić information content (AvgIpc) is 2.34. The van der Waals surface area contributed by atoms with Crippen molar-refractivity contribution in [1.29, 1.82) is 0 Å². The summed E-state index contributed by atoms with van der Waals surface area (Å²) in [5.41, 5.74) is 0.603. The van der Waals surface area contributed by atoms with E-state index in [2.05, 4.69) is 5.32 Å². The summed E-state index contributed by atoms with van der Waals surface area (Å²) in [4.78, 5) is 23.2. The molecule has 0 aromatic heterocycles. The Kier molecular flexibility index (Phi) is 10.1. The van der Waals surface area contributed by atoms with Crippen molar-refractivity contribution in [2.45, 2.75) is 66.7 Å². The molecule has 1 atom stereocenters. The third-order valence-electron chi connectivity index (χ3n) is 2.54. The number of allylic oxidation sites excluding steroid dienone is 1. The van der Waals surface area contributed by atoms with Gasteiger partial charge in [0.1, 0.15) is 6.04 Å². The molecule has 140 valence electrons. The fourth-order valence-electron chi connectivity index (χ4n) is 2.00. The van der Waals surface area contributed by atoms with Crippen molar-refractivity contribution in [3.05, 3.63) is 11.6 Å². The van der Waals surface area contributed by atoms with E-state index in [1.807, 2.05) is 0 Å². The molecule has 0 bridgehead atoms. The van der Waals surface area contributed by atoms with E-state index >= 15 is 0 Å². The molecule has 0 saturated carbocycles. The van der Waals surface area contributed by atoms with Gasteiger partial charge in [0.2, 0.25) is 5.91 Å². The second-order valence-electron chi connectivity index (χ2n) is 6.02. The highest BCUT2D eigenvalue weighted by Crippen LogP contribution is 2.51. The molecular formula is C16H30NO6P. The van der Waals surface area contributed by atoms with E-state index in [0.717, 1.165) is 0 Å². The maximum Gasteiger partial charge on any atom is 0.335 e. The highest BCUT2D eigenvalue weighted by Gasteiger charge is 2.29. The summed E-state index contributed by atoms with van der Waals surface area (Å²) in [6.45, 7) is 12.0. The lowest BCUT2D eigenvalue weighted by Gasteiger charge is -2.23. The quantitative estimate of drug-likeness (QED) is 0.364. The second kappa shape index (κ2) is 10.6. The molecule has 0 rings (SSSR count). The lowest BCUT2D eigenvalue weighted by atomic mass is 10.2. The fraction of sp³-hybridized carbons (Fsp3) is 0.750. The number of rotatable bonds is 10. The molecule has 24 heavy (non-hydrogen) atoms. The van der Waals surface area contributed by atoms with Crippen LogP contribution in [-0.2, 0) is 27.9 Å². The molecule has 0 saturated heterocycles. The van der Waals surface area contributed by atoms with Crippen LogP contribution in [0.15, 0.2) is 11.6 Å². The standard InChI is InChI=1S/C16H30NO6P/c1-8-21-16(19)15(17-14(7)18)9-13(6)10-24(20,22-11(2)3)23-12(4)5/h9,11-12,15H,8,10H2,1-7H3,(H,17,18)/b13-9+.